The minimum Gasteiger partial charge on any atom is -0.496 e. The second kappa shape index (κ2) is 10.2. The van der Waals surface area contributed by atoms with Crippen LogP contribution in [0.15, 0.2) is 18.2 Å². The topological polar surface area (TPSA) is 76.3 Å². The van der Waals surface area contributed by atoms with Crippen molar-refractivity contribution in [1.82, 2.24) is 10.6 Å². The van der Waals surface area contributed by atoms with Gasteiger partial charge in [-0.25, -0.2) is 4.39 Å². The van der Waals surface area contributed by atoms with Crippen LogP contribution in [-0.4, -0.2) is 64.2 Å². The normalized spacial score (nSPS) is 20.6. The average molecular weight is 382 g/mol. The van der Waals surface area contributed by atoms with Crippen LogP contribution in [0, 0.1) is 5.82 Å². The smallest absolute Gasteiger partial charge is 0.275 e. The first kappa shape index (κ1) is 21.1. The molecule has 0 aromatic heterocycles. The van der Waals surface area contributed by atoms with Crippen LogP contribution in [0.1, 0.15) is 19.4 Å². The number of nitrogens with one attached hydrogen (secondary N) is 4. The summed E-state index contributed by atoms with van der Waals surface area (Å²) < 4.78 is 18.8. The molecule has 1 aromatic carbocycles. The van der Waals surface area contributed by atoms with Gasteiger partial charge in [0.2, 0.25) is 5.91 Å². The van der Waals surface area contributed by atoms with Gasteiger partial charge in [0, 0.05) is 6.54 Å². The molecule has 0 unspecified atom stereocenters. The van der Waals surface area contributed by atoms with Gasteiger partial charge in [-0.2, -0.15) is 0 Å². The molecule has 0 saturated carbocycles. The van der Waals surface area contributed by atoms with Gasteiger partial charge in [-0.05, 0) is 32.0 Å². The van der Waals surface area contributed by atoms with Crippen LogP contribution >= 0.6 is 0 Å². The zero-order valence-electron chi connectivity index (χ0n) is 16.4. The monoisotopic (exact) mass is 382 g/mol. The molecule has 2 amide bonds. The Labute approximate surface area is 159 Å². The second-order valence-electron chi connectivity index (χ2n) is 6.99. The van der Waals surface area contributed by atoms with E-state index in [1.54, 1.807) is 20.1 Å². The van der Waals surface area contributed by atoms with Crippen LogP contribution in [-0.2, 0) is 16.1 Å². The molecule has 150 valence electrons. The van der Waals surface area contributed by atoms with Gasteiger partial charge in [0.15, 0.2) is 6.54 Å². The molecule has 1 aliphatic heterocycles. The highest BCUT2D eigenvalue weighted by Crippen LogP contribution is 2.18. The van der Waals surface area contributed by atoms with Crippen molar-refractivity contribution in [3.05, 3.63) is 29.6 Å². The molecule has 27 heavy (non-hydrogen) atoms. The zero-order chi connectivity index (χ0) is 19.8. The highest BCUT2D eigenvalue weighted by Gasteiger charge is 2.26. The van der Waals surface area contributed by atoms with Crippen LogP contribution in [0.4, 0.5) is 4.39 Å². The van der Waals surface area contributed by atoms with Crippen LogP contribution in [0.2, 0.25) is 0 Å². The number of quaternary nitrogens is 2. The lowest BCUT2D eigenvalue weighted by Gasteiger charge is -2.29. The van der Waals surface area contributed by atoms with Gasteiger partial charge in [-0.15, -0.1) is 0 Å². The zero-order valence-corrected chi connectivity index (χ0v) is 16.4. The highest BCUT2D eigenvalue weighted by atomic mass is 19.1. The molecular formula is C19H31FN4O3+2. The van der Waals surface area contributed by atoms with E-state index in [9.17, 15) is 14.0 Å². The van der Waals surface area contributed by atoms with Crippen molar-refractivity contribution < 1.29 is 28.5 Å². The predicted octanol–water partition coefficient (Wildman–Crippen LogP) is -2.24. The van der Waals surface area contributed by atoms with E-state index >= 15 is 0 Å². The van der Waals surface area contributed by atoms with Gasteiger partial charge in [-0.1, -0.05) is 0 Å². The maximum absolute atomic E-state index is 13.5. The summed E-state index contributed by atoms with van der Waals surface area (Å²) in [6.45, 7) is 8.65. The number of benzene rings is 1. The van der Waals surface area contributed by atoms with E-state index in [0.717, 1.165) is 31.7 Å². The third-order valence-electron chi connectivity index (χ3n) is 4.88. The molecule has 1 heterocycles. The first-order valence-corrected chi connectivity index (χ1v) is 9.49. The molecule has 1 saturated heterocycles. The van der Waals surface area contributed by atoms with Gasteiger partial charge in [0.05, 0.1) is 12.7 Å². The predicted molar refractivity (Wildman–Crippen MR) is 99.2 cm³/mol. The fourth-order valence-corrected chi connectivity index (χ4v) is 3.38. The minimum absolute atomic E-state index is 0.112. The van der Waals surface area contributed by atoms with Gasteiger partial charge in [0.1, 0.15) is 50.3 Å². The number of halogens is 1. The first-order chi connectivity index (χ1) is 12.9. The van der Waals surface area contributed by atoms with Crippen molar-refractivity contribution in [2.75, 3.05) is 46.4 Å². The maximum Gasteiger partial charge on any atom is 0.275 e. The number of rotatable bonds is 8. The number of piperazine rings is 1. The van der Waals surface area contributed by atoms with Gasteiger partial charge in [0.25, 0.3) is 5.91 Å². The van der Waals surface area contributed by atoms with E-state index in [0.29, 0.717) is 25.4 Å². The molecular weight excluding hydrogens is 351 g/mol. The van der Waals surface area contributed by atoms with E-state index < -0.39 is 6.04 Å². The molecule has 4 N–H and O–H groups in total. The van der Waals surface area contributed by atoms with Crippen LogP contribution < -0.4 is 25.2 Å². The summed E-state index contributed by atoms with van der Waals surface area (Å²) in [4.78, 5) is 26.4. The standard InChI is InChI=1S/C19H29FN4O3/c1-4-21-19(26)14(2)22-18(25)13-24-9-7-23(8-10-24)12-15-11-16(20)5-6-17(15)27-3/h5-6,11,14H,4,7-10,12-13H2,1-3H3,(H,21,26)(H,22,25)/p+2/t14-/m1/s1. The largest absolute Gasteiger partial charge is 0.496 e. The molecule has 2 rings (SSSR count). The molecule has 0 radical (unpaired) electrons. The van der Waals surface area contributed by atoms with E-state index in [-0.39, 0.29) is 17.6 Å². The van der Waals surface area contributed by atoms with Gasteiger partial charge < -0.3 is 25.2 Å². The molecule has 1 atom stereocenters. The number of likely N-dealkylation sites (N-methyl/N-ethyl adjacent to an activating group) is 1. The van der Waals surface area contributed by atoms with Crippen LogP contribution in [0.3, 0.4) is 0 Å². The second-order valence-corrected chi connectivity index (χ2v) is 6.99. The summed E-state index contributed by atoms with van der Waals surface area (Å²) in [5.41, 5.74) is 0.865. The third kappa shape index (κ3) is 6.48. The Bertz CT molecular complexity index is 648. The Hall–Kier alpha value is -2.19. The van der Waals surface area contributed by atoms with Gasteiger partial charge >= 0.3 is 0 Å². The number of amides is 2. The average Bonchev–Trinajstić information content (AvgIpc) is 2.63. The van der Waals surface area contributed by atoms with E-state index in [1.807, 2.05) is 6.92 Å². The minimum atomic E-state index is -0.524. The molecule has 0 bridgehead atoms. The lowest BCUT2D eigenvalue weighted by Crippen LogP contribution is -3.28. The Morgan fingerprint density at radius 3 is 2.52 bits per heavy atom. The molecule has 7 nitrogen and oxygen atoms in total. The Kier molecular flexibility index (Phi) is 7.99. The fraction of sp³-hybridized carbons (Fsp3) is 0.579. The van der Waals surface area contributed by atoms with Crippen molar-refractivity contribution in [2.24, 2.45) is 0 Å². The van der Waals surface area contributed by atoms with Crippen LogP contribution in [0.25, 0.3) is 0 Å². The lowest BCUT2D eigenvalue weighted by atomic mass is 10.1. The number of carbonyl (C=O) groups is 2. The molecule has 8 heteroatoms. The summed E-state index contributed by atoms with van der Waals surface area (Å²) in [7, 11) is 1.59. The molecule has 0 spiro atoms. The number of methoxy groups -OCH3 is 1. The summed E-state index contributed by atoms with van der Waals surface area (Å²) in [5, 5.41) is 5.44. The first-order valence-electron chi connectivity index (χ1n) is 9.49. The highest BCUT2D eigenvalue weighted by molar-refractivity contribution is 5.87. The molecule has 0 aliphatic carbocycles. The van der Waals surface area contributed by atoms with Crippen molar-refractivity contribution in [1.29, 1.82) is 0 Å². The number of hydrogen-bond donors (Lipinski definition) is 4. The summed E-state index contributed by atoms with van der Waals surface area (Å²) >= 11 is 0. The quantitative estimate of drug-likeness (QED) is 0.411. The fourth-order valence-electron chi connectivity index (χ4n) is 3.38. The van der Waals surface area contributed by atoms with Gasteiger partial charge in [-0.3, -0.25) is 9.59 Å². The molecule has 1 fully saturated rings. The summed E-state index contributed by atoms with van der Waals surface area (Å²) in [6, 6.07) is 4.07. The van der Waals surface area contributed by atoms with Crippen LogP contribution in [0.5, 0.6) is 5.75 Å². The molecule has 1 aliphatic rings. The lowest BCUT2D eigenvalue weighted by molar-refractivity contribution is -1.02. The van der Waals surface area contributed by atoms with Crippen molar-refractivity contribution in [2.45, 2.75) is 26.4 Å². The summed E-state index contributed by atoms with van der Waals surface area (Å²) in [6.07, 6.45) is 0. The summed E-state index contributed by atoms with van der Waals surface area (Å²) in [5.74, 6) is 0.169. The van der Waals surface area contributed by atoms with E-state index in [1.165, 1.54) is 21.9 Å². The Balaban J connectivity index is 1.78. The van der Waals surface area contributed by atoms with E-state index in [4.69, 9.17) is 4.74 Å². The van der Waals surface area contributed by atoms with Crippen molar-refractivity contribution >= 4 is 11.8 Å². The Morgan fingerprint density at radius 2 is 1.89 bits per heavy atom. The molecule has 1 aromatic rings. The van der Waals surface area contributed by atoms with E-state index in [2.05, 4.69) is 10.6 Å². The third-order valence-corrected chi connectivity index (χ3v) is 4.88. The van der Waals surface area contributed by atoms with Crippen molar-refractivity contribution in [3.8, 4) is 5.75 Å². The van der Waals surface area contributed by atoms with Crippen molar-refractivity contribution in [3.63, 3.8) is 0 Å². The number of carbonyl (C=O) groups excluding carboxylic acids is 2. The Morgan fingerprint density at radius 1 is 1.22 bits per heavy atom. The number of ether oxygens (including phenoxy) is 1. The SMILES string of the molecule is CCNC(=O)[C@@H](C)NC(=O)C[NH+]1CC[NH+](Cc2cc(F)ccc2OC)CC1. The number of hydrogen-bond acceptors (Lipinski definition) is 3. The maximum atomic E-state index is 13.5.